The highest BCUT2D eigenvalue weighted by molar-refractivity contribution is 9.10. The van der Waals surface area contributed by atoms with E-state index in [9.17, 15) is 9.59 Å². The van der Waals surface area contributed by atoms with E-state index in [4.69, 9.17) is 16.3 Å². The number of rotatable bonds is 6. The predicted octanol–water partition coefficient (Wildman–Crippen LogP) is 4.04. The van der Waals surface area contributed by atoms with Crippen LogP contribution in [0.3, 0.4) is 0 Å². The summed E-state index contributed by atoms with van der Waals surface area (Å²) in [7, 11) is 3.13. The largest absolute Gasteiger partial charge is 0.496 e. The van der Waals surface area contributed by atoms with E-state index < -0.39 is 0 Å². The Labute approximate surface area is 159 Å². The van der Waals surface area contributed by atoms with Gasteiger partial charge in [-0.05, 0) is 58.2 Å². The van der Waals surface area contributed by atoms with Crippen molar-refractivity contribution in [3.63, 3.8) is 0 Å². The van der Waals surface area contributed by atoms with E-state index in [1.54, 1.807) is 25.3 Å². The monoisotopic (exact) mass is 424 g/mol. The van der Waals surface area contributed by atoms with E-state index in [1.807, 2.05) is 18.2 Å². The third kappa shape index (κ3) is 5.21. The number of amides is 2. The lowest BCUT2D eigenvalue weighted by molar-refractivity contribution is -0.116. The van der Waals surface area contributed by atoms with E-state index in [-0.39, 0.29) is 11.8 Å². The molecule has 0 atom stereocenters. The van der Waals surface area contributed by atoms with Crippen LogP contribution in [0.15, 0.2) is 40.9 Å². The van der Waals surface area contributed by atoms with Crippen LogP contribution in [0.25, 0.3) is 0 Å². The molecule has 0 heterocycles. The second-order valence-electron chi connectivity index (χ2n) is 5.29. The normalized spacial score (nSPS) is 10.2. The molecule has 0 unspecified atom stereocenters. The fourth-order valence-corrected chi connectivity index (χ4v) is 3.05. The molecule has 7 heteroatoms. The summed E-state index contributed by atoms with van der Waals surface area (Å²) in [6.07, 6.45) is 0.904. The lowest BCUT2D eigenvalue weighted by Gasteiger charge is -2.09. The summed E-state index contributed by atoms with van der Waals surface area (Å²) in [6, 6.07) is 10.5. The molecule has 0 aliphatic rings. The van der Waals surface area contributed by atoms with E-state index in [2.05, 4.69) is 26.6 Å². The standard InChI is InChI=1S/C18H18BrClN2O3/c1-21-18(24)13-10-12(5-6-15(13)20)22-17(23)8-4-11-3-7-16(25-2)14(19)9-11/h3,5-7,9-10H,4,8H2,1-2H3,(H,21,24)(H,22,23). The molecular formula is C18H18BrClN2O3. The molecule has 132 valence electrons. The van der Waals surface area contributed by atoms with Crippen molar-refractivity contribution < 1.29 is 14.3 Å². The van der Waals surface area contributed by atoms with Gasteiger partial charge < -0.3 is 15.4 Å². The molecule has 0 aromatic heterocycles. The molecule has 0 saturated carbocycles. The summed E-state index contributed by atoms with van der Waals surface area (Å²) in [5, 5.41) is 5.63. The zero-order chi connectivity index (χ0) is 18.4. The maximum atomic E-state index is 12.1. The van der Waals surface area contributed by atoms with Crippen molar-refractivity contribution in [3.05, 3.63) is 57.0 Å². The molecule has 0 fully saturated rings. The first-order valence-electron chi connectivity index (χ1n) is 7.58. The molecule has 2 aromatic carbocycles. The minimum Gasteiger partial charge on any atom is -0.496 e. The number of carbonyl (C=O) groups excluding carboxylic acids is 2. The topological polar surface area (TPSA) is 67.4 Å². The second-order valence-corrected chi connectivity index (χ2v) is 6.55. The van der Waals surface area contributed by atoms with Crippen LogP contribution in [0.4, 0.5) is 5.69 Å². The Morgan fingerprint density at radius 1 is 1.20 bits per heavy atom. The molecule has 2 N–H and O–H groups in total. The van der Waals surface area contributed by atoms with Gasteiger partial charge in [0.25, 0.3) is 5.91 Å². The number of ether oxygens (including phenoxy) is 1. The average Bonchev–Trinajstić information content (AvgIpc) is 2.61. The van der Waals surface area contributed by atoms with Crippen LogP contribution < -0.4 is 15.4 Å². The predicted molar refractivity (Wildman–Crippen MR) is 102 cm³/mol. The van der Waals surface area contributed by atoms with E-state index in [0.29, 0.717) is 29.1 Å². The van der Waals surface area contributed by atoms with E-state index >= 15 is 0 Å². The number of hydrogen-bond donors (Lipinski definition) is 2. The summed E-state index contributed by atoms with van der Waals surface area (Å²) in [4.78, 5) is 23.9. The third-order valence-corrected chi connectivity index (χ3v) is 4.53. The van der Waals surface area contributed by atoms with E-state index in [0.717, 1.165) is 15.8 Å². The zero-order valence-electron chi connectivity index (χ0n) is 13.9. The lowest BCUT2D eigenvalue weighted by Crippen LogP contribution is -2.19. The zero-order valence-corrected chi connectivity index (χ0v) is 16.2. The van der Waals surface area contributed by atoms with Crippen molar-refractivity contribution in [1.29, 1.82) is 0 Å². The van der Waals surface area contributed by atoms with Gasteiger partial charge in [0, 0.05) is 19.2 Å². The Morgan fingerprint density at radius 3 is 2.60 bits per heavy atom. The Bertz CT molecular complexity index is 796. The summed E-state index contributed by atoms with van der Waals surface area (Å²) in [6.45, 7) is 0. The number of benzene rings is 2. The Balaban J connectivity index is 1.98. The second kappa shape index (κ2) is 8.87. The number of carbonyl (C=O) groups is 2. The van der Waals surface area contributed by atoms with Gasteiger partial charge >= 0.3 is 0 Å². The number of halogens is 2. The fraction of sp³-hybridized carbons (Fsp3) is 0.222. The van der Waals surface area contributed by atoms with Crippen molar-refractivity contribution in [1.82, 2.24) is 5.32 Å². The third-order valence-electron chi connectivity index (χ3n) is 3.58. The molecule has 0 aliphatic carbocycles. The SMILES string of the molecule is CNC(=O)c1cc(NC(=O)CCc2ccc(OC)c(Br)c2)ccc1Cl. The van der Waals surface area contributed by atoms with Gasteiger partial charge in [0.15, 0.2) is 0 Å². The summed E-state index contributed by atoms with van der Waals surface area (Å²) in [5.41, 5.74) is 1.87. The fourth-order valence-electron chi connectivity index (χ4n) is 2.26. The van der Waals surface area contributed by atoms with Crippen molar-refractivity contribution in [2.45, 2.75) is 12.8 Å². The Kier molecular flexibility index (Phi) is 6.84. The first-order chi connectivity index (χ1) is 11.9. The molecule has 2 aromatic rings. The molecule has 0 aliphatic heterocycles. The highest BCUT2D eigenvalue weighted by Gasteiger charge is 2.11. The number of nitrogens with one attached hydrogen (secondary N) is 2. The molecule has 25 heavy (non-hydrogen) atoms. The number of methoxy groups -OCH3 is 1. The average molecular weight is 426 g/mol. The highest BCUT2D eigenvalue weighted by Crippen LogP contribution is 2.26. The molecule has 5 nitrogen and oxygen atoms in total. The van der Waals surface area contributed by atoms with Crippen LogP contribution in [0, 0.1) is 0 Å². The number of anilines is 1. The maximum Gasteiger partial charge on any atom is 0.252 e. The van der Waals surface area contributed by atoms with Gasteiger partial charge in [-0.2, -0.15) is 0 Å². The molecule has 0 saturated heterocycles. The maximum absolute atomic E-state index is 12.1. The van der Waals surface area contributed by atoms with Crippen molar-refractivity contribution in [2.75, 3.05) is 19.5 Å². The molecule has 0 radical (unpaired) electrons. The first kappa shape index (κ1) is 19.3. The van der Waals surface area contributed by atoms with Gasteiger partial charge in [-0.3, -0.25) is 9.59 Å². The van der Waals surface area contributed by atoms with Crippen LogP contribution in [-0.2, 0) is 11.2 Å². The first-order valence-corrected chi connectivity index (χ1v) is 8.75. The number of hydrogen-bond acceptors (Lipinski definition) is 3. The number of aryl methyl sites for hydroxylation is 1. The van der Waals surface area contributed by atoms with Crippen LogP contribution in [0.2, 0.25) is 5.02 Å². The smallest absolute Gasteiger partial charge is 0.252 e. The van der Waals surface area contributed by atoms with Gasteiger partial charge in [-0.25, -0.2) is 0 Å². The molecular weight excluding hydrogens is 408 g/mol. The van der Waals surface area contributed by atoms with Crippen LogP contribution in [0.1, 0.15) is 22.3 Å². The van der Waals surface area contributed by atoms with Gasteiger partial charge in [0.1, 0.15) is 5.75 Å². The Hall–Kier alpha value is -2.05. The molecule has 2 rings (SSSR count). The van der Waals surface area contributed by atoms with Gasteiger partial charge in [0.2, 0.25) is 5.91 Å². The van der Waals surface area contributed by atoms with Crippen molar-refractivity contribution >= 4 is 45.0 Å². The molecule has 0 bridgehead atoms. The van der Waals surface area contributed by atoms with Gasteiger partial charge in [-0.15, -0.1) is 0 Å². The quantitative estimate of drug-likeness (QED) is 0.734. The summed E-state index contributed by atoms with van der Waals surface area (Å²) < 4.78 is 6.03. The molecule has 2 amide bonds. The molecule has 0 spiro atoms. The highest BCUT2D eigenvalue weighted by atomic mass is 79.9. The van der Waals surface area contributed by atoms with E-state index in [1.165, 1.54) is 7.05 Å². The minimum absolute atomic E-state index is 0.142. The van der Waals surface area contributed by atoms with Crippen molar-refractivity contribution in [3.8, 4) is 5.75 Å². The summed E-state index contributed by atoms with van der Waals surface area (Å²) in [5.74, 6) is 0.303. The van der Waals surface area contributed by atoms with Crippen LogP contribution in [0.5, 0.6) is 5.75 Å². The Morgan fingerprint density at radius 2 is 1.96 bits per heavy atom. The van der Waals surface area contributed by atoms with Crippen molar-refractivity contribution in [2.24, 2.45) is 0 Å². The van der Waals surface area contributed by atoms with Crippen LogP contribution >= 0.6 is 27.5 Å². The lowest BCUT2D eigenvalue weighted by atomic mass is 10.1. The summed E-state index contributed by atoms with van der Waals surface area (Å²) >= 11 is 9.43. The van der Waals surface area contributed by atoms with Gasteiger partial charge in [-0.1, -0.05) is 17.7 Å². The van der Waals surface area contributed by atoms with Crippen LogP contribution in [-0.4, -0.2) is 26.0 Å². The minimum atomic E-state index is -0.302. The van der Waals surface area contributed by atoms with Gasteiger partial charge in [0.05, 0.1) is 22.2 Å².